The molecule has 19 heavy (non-hydrogen) atoms. The van der Waals surface area contributed by atoms with Gasteiger partial charge in [0, 0.05) is 18.5 Å². The third kappa shape index (κ3) is 4.91. The van der Waals surface area contributed by atoms with Crippen LogP contribution in [-0.2, 0) is 11.3 Å². The van der Waals surface area contributed by atoms with Crippen molar-refractivity contribution >= 4 is 5.91 Å². The van der Waals surface area contributed by atoms with Crippen LogP contribution >= 0.6 is 0 Å². The lowest BCUT2D eigenvalue weighted by Crippen LogP contribution is -2.24. The number of ether oxygens (including phenoxy) is 1. The van der Waals surface area contributed by atoms with Crippen molar-refractivity contribution in [2.24, 2.45) is 0 Å². The molecule has 0 saturated carbocycles. The van der Waals surface area contributed by atoms with Gasteiger partial charge in [0.15, 0.2) is 0 Å². The van der Waals surface area contributed by atoms with Gasteiger partial charge in [-0.2, -0.15) is 0 Å². The van der Waals surface area contributed by atoms with Crippen LogP contribution in [0.4, 0.5) is 0 Å². The fourth-order valence-corrected chi connectivity index (χ4v) is 2.17. The monoisotopic (exact) mass is 264 g/mol. The molecule has 1 rings (SSSR count). The van der Waals surface area contributed by atoms with E-state index in [4.69, 9.17) is 4.74 Å². The number of nitrogens with one attached hydrogen (secondary N) is 2. The first-order valence-electron chi connectivity index (χ1n) is 6.64. The van der Waals surface area contributed by atoms with E-state index in [2.05, 4.69) is 22.8 Å². The molecule has 0 saturated heterocycles. The Bertz CT molecular complexity index is 430. The Kier molecular flexibility index (Phi) is 6.36. The zero-order valence-corrected chi connectivity index (χ0v) is 12.3. The fraction of sp³-hybridized carbons (Fsp3) is 0.533. The van der Waals surface area contributed by atoms with Crippen LogP contribution in [0.1, 0.15) is 29.5 Å². The average Bonchev–Trinajstić information content (AvgIpc) is 2.36. The van der Waals surface area contributed by atoms with Gasteiger partial charge in [0.25, 0.3) is 0 Å². The van der Waals surface area contributed by atoms with E-state index in [1.165, 1.54) is 5.56 Å². The molecule has 1 aromatic rings. The number of carbonyl (C=O) groups is 1. The summed E-state index contributed by atoms with van der Waals surface area (Å²) in [6.07, 6.45) is 1.40. The van der Waals surface area contributed by atoms with E-state index in [9.17, 15) is 4.79 Å². The molecule has 106 valence electrons. The molecule has 0 heterocycles. The van der Waals surface area contributed by atoms with Crippen LogP contribution in [0.15, 0.2) is 12.1 Å². The van der Waals surface area contributed by atoms with Crippen LogP contribution in [-0.4, -0.2) is 26.6 Å². The van der Waals surface area contributed by atoms with E-state index in [1.54, 1.807) is 7.11 Å². The molecule has 4 heteroatoms. The smallest absolute Gasteiger partial charge is 0.220 e. The van der Waals surface area contributed by atoms with Gasteiger partial charge in [0.1, 0.15) is 5.75 Å². The fourth-order valence-electron chi connectivity index (χ4n) is 2.17. The number of benzene rings is 1. The quantitative estimate of drug-likeness (QED) is 0.740. The predicted octanol–water partition coefficient (Wildman–Crippen LogP) is 1.93. The normalized spacial score (nSPS) is 10.3. The molecule has 0 spiro atoms. The van der Waals surface area contributed by atoms with Gasteiger partial charge in [-0.15, -0.1) is 0 Å². The lowest BCUT2D eigenvalue weighted by Gasteiger charge is -2.13. The summed E-state index contributed by atoms with van der Waals surface area (Å²) in [5.41, 5.74) is 3.31. The number of carbonyl (C=O) groups excluding carboxylic acids is 1. The molecule has 0 radical (unpaired) electrons. The van der Waals surface area contributed by atoms with Gasteiger partial charge >= 0.3 is 0 Å². The molecule has 0 aliphatic rings. The number of aryl methyl sites for hydroxylation is 2. The lowest BCUT2D eigenvalue weighted by atomic mass is 10.1. The van der Waals surface area contributed by atoms with Crippen LogP contribution < -0.4 is 15.4 Å². The Morgan fingerprint density at radius 2 is 2.05 bits per heavy atom. The van der Waals surface area contributed by atoms with Gasteiger partial charge in [0.05, 0.1) is 7.11 Å². The molecule has 1 amide bonds. The number of amides is 1. The Labute approximate surface area is 115 Å². The molecule has 0 aliphatic carbocycles. The number of methoxy groups -OCH3 is 1. The van der Waals surface area contributed by atoms with Gasteiger partial charge in [-0.05, 0) is 39.4 Å². The van der Waals surface area contributed by atoms with Crippen LogP contribution in [0.5, 0.6) is 5.75 Å². The van der Waals surface area contributed by atoms with Gasteiger partial charge in [-0.3, -0.25) is 4.79 Å². The molecule has 2 N–H and O–H groups in total. The Morgan fingerprint density at radius 1 is 1.32 bits per heavy atom. The van der Waals surface area contributed by atoms with E-state index >= 15 is 0 Å². The molecule has 0 fully saturated rings. The van der Waals surface area contributed by atoms with Crippen LogP contribution in [0.2, 0.25) is 0 Å². The highest BCUT2D eigenvalue weighted by Crippen LogP contribution is 2.24. The van der Waals surface area contributed by atoms with Crippen molar-refractivity contribution in [2.75, 3.05) is 20.7 Å². The third-order valence-electron chi connectivity index (χ3n) is 3.01. The second-order valence-electron chi connectivity index (χ2n) is 4.76. The van der Waals surface area contributed by atoms with Crippen molar-refractivity contribution < 1.29 is 9.53 Å². The first-order valence-corrected chi connectivity index (χ1v) is 6.64. The summed E-state index contributed by atoms with van der Waals surface area (Å²) in [4.78, 5) is 11.7. The van der Waals surface area contributed by atoms with Crippen molar-refractivity contribution in [1.29, 1.82) is 0 Å². The van der Waals surface area contributed by atoms with Gasteiger partial charge < -0.3 is 15.4 Å². The molecule has 1 aromatic carbocycles. The van der Waals surface area contributed by atoms with E-state index in [-0.39, 0.29) is 5.91 Å². The van der Waals surface area contributed by atoms with Crippen molar-refractivity contribution in [3.05, 3.63) is 28.8 Å². The van der Waals surface area contributed by atoms with Gasteiger partial charge in [-0.25, -0.2) is 0 Å². The maximum absolute atomic E-state index is 11.7. The van der Waals surface area contributed by atoms with E-state index in [0.717, 1.165) is 29.8 Å². The summed E-state index contributed by atoms with van der Waals surface area (Å²) in [6.45, 7) is 5.44. The molecule has 0 unspecified atom stereocenters. The summed E-state index contributed by atoms with van der Waals surface area (Å²) in [6, 6.07) is 4.14. The number of hydrogen-bond acceptors (Lipinski definition) is 3. The minimum Gasteiger partial charge on any atom is -0.496 e. The standard InChI is InChI=1S/C15H24N2O2/c1-11-8-12(2)15(19-4)13(9-11)10-17-14(18)6-5-7-16-3/h8-9,16H,5-7,10H2,1-4H3,(H,17,18). The van der Waals surface area contributed by atoms with Crippen LogP contribution in [0.3, 0.4) is 0 Å². The molecular formula is C15H24N2O2. The molecule has 0 aromatic heterocycles. The second-order valence-corrected chi connectivity index (χ2v) is 4.76. The van der Waals surface area contributed by atoms with E-state index in [0.29, 0.717) is 13.0 Å². The van der Waals surface area contributed by atoms with Crippen molar-refractivity contribution in [3.63, 3.8) is 0 Å². The summed E-state index contributed by atoms with van der Waals surface area (Å²) >= 11 is 0. The minimum atomic E-state index is 0.0801. The highest BCUT2D eigenvalue weighted by molar-refractivity contribution is 5.75. The molecule has 0 bridgehead atoms. The Morgan fingerprint density at radius 3 is 2.68 bits per heavy atom. The average molecular weight is 264 g/mol. The Hall–Kier alpha value is -1.55. The summed E-state index contributed by atoms with van der Waals surface area (Å²) in [7, 11) is 3.55. The first kappa shape index (κ1) is 15.5. The summed E-state index contributed by atoms with van der Waals surface area (Å²) in [5.74, 6) is 0.942. The number of hydrogen-bond donors (Lipinski definition) is 2. The van der Waals surface area contributed by atoms with E-state index in [1.807, 2.05) is 20.9 Å². The first-order chi connectivity index (χ1) is 9.08. The largest absolute Gasteiger partial charge is 0.496 e. The van der Waals surface area contributed by atoms with Crippen LogP contribution in [0, 0.1) is 13.8 Å². The highest BCUT2D eigenvalue weighted by atomic mass is 16.5. The van der Waals surface area contributed by atoms with Crippen molar-refractivity contribution in [2.45, 2.75) is 33.2 Å². The topological polar surface area (TPSA) is 50.4 Å². The lowest BCUT2D eigenvalue weighted by molar-refractivity contribution is -0.121. The molecule has 4 nitrogen and oxygen atoms in total. The van der Waals surface area contributed by atoms with Crippen LogP contribution in [0.25, 0.3) is 0 Å². The third-order valence-corrected chi connectivity index (χ3v) is 3.01. The molecule has 0 aliphatic heterocycles. The van der Waals surface area contributed by atoms with Crippen molar-refractivity contribution in [3.8, 4) is 5.75 Å². The predicted molar refractivity (Wildman–Crippen MR) is 77.5 cm³/mol. The van der Waals surface area contributed by atoms with E-state index < -0.39 is 0 Å². The van der Waals surface area contributed by atoms with Gasteiger partial charge in [-0.1, -0.05) is 17.7 Å². The van der Waals surface area contributed by atoms with Gasteiger partial charge in [0.2, 0.25) is 5.91 Å². The number of rotatable bonds is 7. The minimum absolute atomic E-state index is 0.0801. The van der Waals surface area contributed by atoms with Crippen molar-refractivity contribution in [1.82, 2.24) is 10.6 Å². The molecular weight excluding hydrogens is 240 g/mol. The summed E-state index contributed by atoms with van der Waals surface area (Å²) < 4.78 is 5.40. The second kappa shape index (κ2) is 7.79. The SMILES string of the molecule is CNCCCC(=O)NCc1cc(C)cc(C)c1OC. The maximum Gasteiger partial charge on any atom is 0.220 e. The molecule has 0 atom stereocenters. The highest BCUT2D eigenvalue weighted by Gasteiger charge is 2.09. The zero-order valence-electron chi connectivity index (χ0n) is 12.3. The zero-order chi connectivity index (χ0) is 14.3. The maximum atomic E-state index is 11.7. The summed E-state index contributed by atoms with van der Waals surface area (Å²) in [5, 5.41) is 5.97. The Balaban J connectivity index is 2.59.